The molecular weight excluding hydrogens is 62.9 g/mol. The van der Waals surface area contributed by atoms with Crippen molar-refractivity contribution in [3.05, 3.63) is 11.7 Å². The average molecular weight is 64.9 g/mol. The van der Waals surface area contributed by atoms with Gasteiger partial charge in [0, 0.05) is 0 Å². The largest absolute Gasteiger partial charge is 0.140 e. The summed E-state index contributed by atoms with van der Waals surface area (Å²) in [6.07, 6.45) is 0. The van der Waals surface area contributed by atoms with E-state index in [2.05, 4.69) is 10.2 Å². The summed E-state index contributed by atoms with van der Waals surface area (Å²) >= 11 is 0. The van der Waals surface area contributed by atoms with Gasteiger partial charge in [-0.2, -0.15) is 0 Å². The van der Waals surface area contributed by atoms with Crippen molar-refractivity contribution in [1.29, 1.82) is 0 Å². The van der Waals surface area contributed by atoms with Gasteiger partial charge in [0.05, 0.1) is 10.2 Å². The van der Waals surface area contributed by atoms with Crippen molar-refractivity contribution in [1.82, 2.24) is 0 Å². The van der Waals surface area contributed by atoms with Gasteiger partial charge in [-0.25, -0.2) is 0 Å². The van der Waals surface area contributed by atoms with E-state index in [4.69, 9.17) is 7.85 Å². The first-order valence-electron chi connectivity index (χ1n) is 0.955. The van der Waals surface area contributed by atoms with Crippen LogP contribution in [0.1, 0.15) is 0 Å². The standard InChI is InChI=1S/C2H2BSi/c3-1-2-4/h1-2H/b2-1+. The number of hydrogen-bond acceptors (Lipinski definition) is 0. The molecule has 0 spiro atoms. The zero-order valence-electron chi connectivity index (χ0n) is 2.23. The minimum absolute atomic E-state index is 1.41. The van der Waals surface area contributed by atoms with Crippen molar-refractivity contribution >= 4 is 18.1 Å². The number of hydrogen-bond donors (Lipinski definition) is 0. The SMILES string of the molecule is [B]/C=C/[Si]. The Balaban J connectivity index is 2.55. The monoisotopic (exact) mass is 65.0 g/mol. The molecule has 0 saturated heterocycles. The van der Waals surface area contributed by atoms with Crippen molar-refractivity contribution < 1.29 is 0 Å². The Morgan fingerprint density at radius 3 is 2.00 bits per heavy atom. The fraction of sp³-hybridized carbons (Fsp3) is 0. The second-order valence-corrected chi connectivity index (χ2v) is 0.692. The van der Waals surface area contributed by atoms with E-state index >= 15 is 0 Å². The zero-order valence-corrected chi connectivity index (χ0v) is 3.23. The molecule has 0 atom stereocenters. The van der Waals surface area contributed by atoms with E-state index in [0.29, 0.717) is 0 Å². The Labute approximate surface area is 30.7 Å². The third kappa shape index (κ3) is 2.02. The van der Waals surface area contributed by atoms with E-state index in [9.17, 15) is 0 Å². The highest BCUT2D eigenvalue weighted by atomic mass is 28.1. The lowest BCUT2D eigenvalue weighted by Crippen LogP contribution is -1.47. The Morgan fingerprint density at radius 2 is 2.00 bits per heavy atom. The molecule has 0 unspecified atom stereocenters. The van der Waals surface area contributed by atoms with Crippen molar-refractivity contribution in [2.24, 2.45) is 0 Å². The van der Waals surface area contributed by atoms with Crippen LogP contribution < -0.4 is 0 Å². The van der Waals surface area contributed by atoms with Crippen LogP contribution in [-0.2, 0) is 0 Å². The topological polar surface area (TPSA) is 0 Å². The average Bonchev–Trinajstić information content (AvgIpc) is 1.37. The first-order valence-corrected chi connectivity index (χ1v) is 1.53. The molecule has 2 heteroatoms. The van der Waals surface area contributed by atoms with Gasteiger partial charge in [0.25, 0.3) is 0 Å². The van der Waals surface area contributed by atoms with Crippen molar-refractivity contribution in [2.45, 2.75) is 0 Å². The molecular formula is C2H2BSi. The van der Waals surface area contributed by atoms with Crippen LogP contribution >= 0.6 is 0 Å². The van der Waals surface area contributed by atoms with Crippen LogP contribution in [0.15, 0.2) is 11.7 Å². The van der Waals surface area contributed by atoms with E-state index < -0.39 is 0 Å². The molecule has 0 aliphatic rings. The van der Waals surface area contributed by atoms with Crippen LogP contribution in [0.4, 0.5) is 0 Å². The summed E-state index contributed by atoms with van der Waals surface area (Å²) in [7, 11) is 7.78. The molecule has 0 fully saturated rings. The summed E-state index contributed by atoms with van der Waals surface area (Å²) < 4.78 is 0. The molecule has 0 aromatic heterocycles. The number of rotatable bonds is 0. The van der Waals surface area contributed by atoms with E-state index in [0.717, 1.165) is 0 Å². The maximum Gasteiger partial charge on any atom is 0.101 e. The second kappa shape index (κ2) is 3.02. The predicted molar refractivity (Wildman–Crippen MR) is 20.6 cm³/mol. The Hall–Kier alpha value is 0.0218. The van der Waals surface area contributed by atoms with Crippen molar-refractivity contribution in [3.63, 3.8) is 0 Å². The van der Waals surface area contributed by atoms with Gasteiger partial charge in [-0.15, -0.1) is 11.7 Å². The maximum absolute atomic E-state index is 4.80. The first-order chi connectivity index (χ1) is 1.91. The second-order valence-electron chi connectivity index (χ2n) is 0.359. The van der Waals surface area contributed by atoms with Crippen LogP contribution in [0, 0.1) is 0 Å². The van der Waals surface area contributed by atoms with E-state index in [1.54, 1.807) is 5.70 Å². The molecule has 0 aromatic rings. The summed E-state index contributed by atoms with van der Waals surface area (Å²) in [5, 5.41) is 0. The molecule has 0 N–H and O–H groups in total. The Kier molecular flexibility index (Phi) is 3.04. The van der Waals surface area contributed by atoms with Crippen LogP contribution in [0.5, 0.6) is 0 Å². The van der Waals surface area contributed by atoms with Gasteiger partial charge in [-0.1, -0.05) is 0 Å². The normalized spacial score (nSPS) is 9.25. The Bertz CT molecular complexity index is 21.2. The highest BCUT2D eigenvalue weighted by molar-refractivity contribution is 6.25. The third-order valence-corrected chi connectivity index (χ3v) is 0.289. The van der Waals surface area contributed by atoms with Gasteiger partial charge in [0.15, 0.2) is 0 Å². The van der Waals surface area contributed by atoms with Gasteiger partial charge in [0.1, 0.15) is 7.85 Å². The zero-order chi connectivity index (χ0) is 3.41. The molecule has 0 nitrogen and oxygen atoms in total. The maximum atomic E-state index is 4.80. The van der Waals surface area contributed by atoms with Gasteiger partial charge < -0.3 is 0 Å². The first kappa shape index (κ1) is 4.02. The van der Waals surface area contributed by atoms with Crippen LogP contribution in [0.2, 0.25) is 0 Å². The minimum atomic E-state index is 1.41. The summed E-state index contributed by atoms with van der Waals surface area (Å²) in [6, 6.07) is 0. The van der Waals surface area contributed by atoms with Gasteiger partial charge >= 0.3 is 0 Å². The fourth-order valence-electron chi connectivity index (χ4n) is 0. The van der Waals surface area contributed by atoms with Crippen molar-refractivity contribution in [2.75, 3.05) is 0 Å². The van der Waals surface area contributed by atoms with Crippen LogP contribution in [-0.4, -0.2) is 18.1 Å². The molecule has 0 heterocycles. The fourth-order valence-corrected chi connectivity index (χ4v) is 0. The lowest BCUT2D eigenvalue weighted by Gasteiger charge is -1.48. The van der Waals surface area contributed by atoms with Gasteiger partial charge in [-0.3, -0.25) is 0 Å². The molecule has 0 aromatic carbocycles. The molecule has 0 aliphatic carbocycles. The van der Waals surface area contributed by atoms with Crippen LogP contribution in [0.25, 0.3) is 0 Å². The van der Waals surface area contributed by atoms with E-state index in [1.807, 2.05) is 0 Å². The van der Waals surface area contributed by atoms with E-state index in [-0.39, 0.29) is 0 Å². The van der Waals surface area contributed by atoms with Crippen LogP contribution in [0.3, 0.4) is 0 Å². The van der Waals surface area contributed by atoms with E-state index in [1.165, 1.54) is 5.98 Å². The summed E-state index contributed by atoms with van der Waals surface area (Å²) in [4.78, 5) is 0. The summed E-state index contributed by atoms with van der Waals surface area (Å²) in [6.45, 7) is 0. The van der Waals surface area contributed by atoms with Gasteiger partial charge in [0.2, 0.25) is 0 Å². The summed E-state index contributed by atoms with van der Waals surface area (Å²) in [5.41, 5.74) is 1.58. The smallest absolute Gasteiger partial charge is 0.101 e. The minimum Gasteiger partial charge on any atom is -0.140 e. The molecule has 0 amide bonds. The predicted octanol–water partition coefficient (Wildman–Crippen LogP) is -0.205. The lowest BCUT2D eigenvalue weighted by atomic mass is 10.2. The molecule has 0 bridgehead atoms. The van der Waals surface area contributed by atoms with Crippen molar-refractivity contribution in [3.8, 4) is 0 Å². The molecule has 0 saturated carbocycles. The molecule has 17 valence electrons. The highest BCUT2D eigenvalue weighted by Gasteiger charge is 1.36. The summed E-state index contributed by atoms with van der Waals surface area (Å²) in [5.74, 6) is 1.41. The Morgan fingerprint density at radius 1 is 1.75 bits per heavy atom. The molecule has 0 aliphatic heterocycles. The third-order valence-electron chi connectivity index (χ3n) is 0.0962. The molecule has 5 radical (unpaired) electrons. The molecule has 0 rings (SSSR count). The van der Waals surface area contributed by atoms with Gasteiger partial charge in [-0.05, 0) is 0 Å². The quantitative estimate of drug-likeness (QED) is 0.343. The highest BCUT2D eigenvalue weighted by Crippen LogP contribution is 1.42. The lowest BCUT2D eigenvalue weighted by molar-refractivity contribution is 2.50. The molecule has 4 heavy (non-hydrogen) atoms.